The fraction of sp³-hybridized carbons (Fsp3) is 0.182. The first-order valence-corrected chi connectivity index (χ1v) is 10.5. The number of fused-ring (bicyclic) bond motifs is 1. The molecule has 2 aromatic carbocycles. The topological polar surface area (TPSA) is 84.7 Å². The third kappa shape index (κ3) is 4.83. The van der Waals surface area contributed by atoms with Crippen LogP contribution >= 0.6 is 15.9 Å². The molecule has 0 aliphatic carbocycles. The van der Waals surface area contributed by atoms with Gasteiger partial charge < -0.3 is 10.6 Å². The van der Waals surface area contributed by atoms with Gasteiger partial charge in [0.1, 0.15) is 12.1 Å². The van der Waals surface area contributed by atoms with E-state index in [1.807, 2.05) is 30.3 Å². The van der Waals surface area contributed by atoms with Crippen LogP contribution in [0.2, 0.25) is 0 Å². The van der Waals surface area contributed by atoms with Gasteiger partial charge in [-0.15, -0.1) is 0 Å². The highest BCUT2D eigenvalue weighted by Gasteiger charge is 2.10. The maximum absolute atomic E-state index is 12.2. The maximum Gasteiger partial charge on any atom is 0.251 e. The number of nitrogens with zero attached hydrogens (tertiary/aromatic N) is 4. The van der Waals surface area contributed by atoms with Crippen molar-refractivity contribution in [3.05, 3.63) is 82.7 Å². The molecule has 7 nitrogen and oxygen atoms in total. The molecule has 0 bridgehead atoms. The summed E-state index contributed by atoms with van der Waals surface area (Å²) in [5.41, 5.74) is 2.63. The quantitative estimate of drug-likeness (QED) is 0.415. The average molecular weight is 465 g/mol. The van der Waals surface area contributed by atoms with Crippen molar-refractivity contribution in [2.24, 2.45) is 0 Å². The number of rotatable bonds is 8. The van der Waals surface area contributed by atoms with Crippen molar-refractivity contribution < 1.29 is 4.79 Å². The largest absolute Gasteiger partial charge is 0.369 e. The highest BCUT2D eigenvalue weighted by molar-refractivity contribution is 9.10. The number of carbonyl (C=O) groups is 1. The minimum atomic E-state index is -0.114. The standard InChI is InChI=1S/C22H21BrN6O/c23-18-8-6-17(7-9-18)22(30)25-12-13-29-21-19(14-28-29)20(26-15-27-21)24-11-10-16-4-2-1-3-5-16/h1-9,14-15H,10-13H2,(H,25,30)(H,24,26,27). The molecule has 30 heavy (non-hydrogen) atoms. The summed E-state index contributed by atoms with van der Waals surface area (Å²) in [6.45, 7) is 1.74. The molecule has 2 aromatic heterocycles. The summed E-state index contributed by atoms with van der Waals surface area (Å²) in [6.07, 6.45) is 4.20. The van der Waals surface area contributed by atoms with Crippen molar-refractivity contribution in [2.45, 2.75) is 13.0 Å². The van der Waals surface area contributed by atoms with Crippen LogP contribution in [-0.2, 0) is 13.0 Å². The number of nitrogens with one attached hydrogen (secondary N) is 2. The molecule has 0 saturated heterocycles. The molecule has 2 heterocycles. The molecule has 0 atom stereocenters. The third-order valence-electron chi connectivity index (χ3n) is 4.70. The second-order valence-electron chi connectivity index (χ2n) is 6.75. The maximum atomic E-state index is 12.2. The highest BCUT2D eigenvalue weighted by Crippen LogP contribution is 2.18. The van der Waals surface area contributed by atoms with Gasteiger partial charge in [0.2, 0.25) is 0 Å². The van der Waals surface area contributed by atoms with Gasteiger partial charge in [-0.25, -0.2) is 14.6 Å². The van der Waals surface area contributed by atoms with Gasteiger partial charge in [-0.3, -0.25) is 4.79 Å². The van der Waals surface area contributed by atoms with E-state index in [9.17, 15) is 4.79 Å². The molecule has 0 unspecified atom stereocenters. The van der Waals surface area contributed by atoms with Crippen LogP contribution in [0.3, 0.4) is 0 Å². The van der Waals surface area contributed by atoms with Gasteiger partial charge in [0.05, 0.1) is 18.1 Å². The molecule has 8 heteroatoms. The molecular formula is C22H21BrN6O. The Morgan fingerprint density at radius 2 is 1.80 bits per heavy atom. The van der Waals surface area contributed by atoms with Gasteiger partial charge in [0.15, 0.2) is 5.65 Å². The molecule has 4 rings (SSSR count). The van der Waals surface area contributed by atoms with Crippen LogP contribution < -0.4 is 10.6 Å². The minimum absolute atomic E-state index is 0.114. The molecule has 0 aliphatic heterocycles. The molecule has 0 spiro atoms. The molecule has 0 radical (unpaired) electrons. The molecule has 0 saturated carbocycles. The highest BCUT2D eigenvalue weighted by atomic mass is 79.9. The van der Waals surface area contributed by atoms with Crippen molar-refractivity contribution in [2.75, 3.05) is 18.4 Å². The lowest BCUT2D eigenvalue weighted by Gasteiger charge is -2.08. The summed E-state index contributed by atoms with van der Waals surface area (Å²) < 4.78 is 2.72. The van der Waals surface area contributed by atoms with Gasteiger partial charge in [-0.05, 0) is 36.2 Å². The summed E-state index contributed by atoms with van der Waals surface area (Å²) in [5, 5.41) is 11.6. The monoisotopic (exact) mass is 464 g/mol. The third-order valence-corrected chi connectivity index (χ3v) is 5.23. The predicted octanol–water partition coefficient (Wildman–Crippen LogP) is 3.67. The van der Waals surface area contributed by atoms with Gasteiger partial charge >= 0.3 is 0 Å². The Balaban J connectivity index is 1.35. The Hall–Kier alpha value is -3.26. The van der Waals surface area contributed by atoms with Gasteiger partial charge in [-0.2, -0.15) is 5.10 Å². The molecule has 152 valence electrons. The van der Waals surface area contributed by atoms with Crippen LogP contribution in [0.4, 0.5) is 5.82 Å². The number of carbonyl (C=O) groups excluding carboxylic acids is 1. The molecule has 4 aromatic rings. The lowest BCUT2D eigenvalue weighted by Crippen LogP contribution is -2.27. The zero-order valence-corrected chi connectivity index (χ0v) is 17.8. The van der Waals surface area contributed by atoms with E-state index < -0.39 is 0 Å². The Bertz CT molecular complexity index is 1130. The van der Waals surface area contributed by atoms with Crippen molar-refractivity contribution in [3.63, 3.8) is 0 Å². The average Bonchev–Trinajstić information content (AvgIpc) is 3.19. The first kappa shape index (κ1) is 20.0. The van der Waals surface area contributed by atoms with Crippen LogP contribution in [0, 0.1) is 0 Å². The van der Waals surface area contributed by atoms with E-state index >= 15 is 0 Å². The van der Waals surface area contributed by atoms with Crippen molar-refractivity contribution in [1.29, 1.82) is 0 Å². The normalized spacial score (nSPS) is 10.8. The molecular weight excluding hydrogens is 444 g/mol. The molecule has 0 aliphatic rings. The van der Waals surface area contributed by atoms with Gasteiger partial charge in [-0.1, -0.05) is 46.3 Å². The Kier molecular flexibility index (Phi) is 6.34. The van der Waals surface area contributed by atoms with E-state index in [0.717, 1.165) is 34.3 Å². The number of anilines is 1. The minimum Gasteiger partial charge on any atom is -0.369 e. The SMILES string of the molecule is O=C(NCCn1ncc2c(NCCc3ccccc3)ncnc21)c1ccc(Br)cc1. The zero-order valence-electron chi connectivity index (χ0n) is 16.3. The fourth-order valence-electron chi connectivity index (χ4n) is 3.15. The molecule has 0 fully saturated rings. The van der Waals surface area contributed by atoms with Crippen molar-refractivity contribution >= 4 is 38.7 Å². The van der Waals surface area contributed by atoms with Crippen LogP contribution in [-0.4, -0.2) is 38.7 Å². The Morgan fingerprint density at radius 1 is 1.00 bits per heavy atom. The summed E-state index contributed by atoms with van der Waals surface area (Å²) in [5.74, 6) is 0.651. The van der Waals surface area contributed by atoms with Gasteiger partial charge in [0, 0.05) is 23.1 Å². The second-order valence-corrected chi connectivity index (χ2v) is 7.67. The van der Waals surface area contributed by atoms with Crippen molar-refractivity contribution in [1.82, 2.24) is 25.1 Å². The van der Waals surface area contributed by atoms with Crippen LogP contribution in [0.5, 0.6) is 0 Å². The van der Waals surface area contributed by atoms with E-state index in [1.165, 1.54) is 11.9 Å². The van der Waals surface area contributed by atoms with E-state index in [2.05, 4.69) is 53.8 Å². The number of halogens is 1. The zero-order chi connectivity index (χ0) is 20.8. The summed E-state index contributed by atoms with van der Waals surface area (Å²) in [4.78, 5) is 21.0. The van der Waals surface area contributed by atoms with Crippen LogP contribution in [0.1, 0.15) is 15.9 Å². The van der Waals surface area contributed by atoms with E-state index in [4.69, 9.17) is 0 Å². The Labute approximate surface area is 182 Å². The molecule has 1 amide bonds. The summed E-state index contributed by atoms with van der Waals surface area (Å²) >= 11 is 3.37. The number of aromatic nitrogens is 4. The summed E-state index contributed by atoms with van der Waals surface area (Å²) in [7, 11) is 0. The lowest BCUT2D eigenvalue weighted by atomic mass is 10.1. The number of amides is 1. The van der Waals surface area contributed by atoms with E-state index in [0.29, 0.717) is 18.7 Å². The Morgan fingerprint density at radius 3 is 2.60 bits per heavy atom. The van der Waals surface area contributed by atoms with Gasteiger partial charge in [0.25, 0.3) is 5.91 Å². The van der Waals surface area contributed by atoms with E-state index in [1.54, 1.807) is 23.0 Å². The predicted molar refractivity (Wildman–Crippen MR) is 120 cm³/mol. The first-order valence-electron chi connectivity index (χ1n) is 9.69. The van der Waals surface area contributed by atoms with Crippen molar-refractivity contribution in [3.8, 4) is 0 Å². The number of hydrogen-bond donors (Lipinski definition) is 2. The lowest BCUT2D eigenvalue weighted by molar-refractivity contribution is 0.0952. The van der Waals surface area contributed by atoms with Crippen LogP contribution in [0.15, 0.2) is 71.6 Å². The molecule has 2 N–H and O–H groups in total. The smallest absolute Gasteiger partial charge is 0.251 e. The number of benzene rings is 2. The fourth-order valence-corrected chi connectivity index (χ4v) is 3.41. The van der Waals surface area contributed by atoms with Crippen LogP contribution in [0.25, 0.3) is 11.0 Å². The van der Waals surface area contributed by atoms with E-state index in [-0.39, 0.29) is 5.91 Å². The first-order chi connectivity index (χ1) is 14.7. The number of hydrogen-bond acceptors (Lipinski definition) is 5. The summed E-state index contributed by atoms with van der Waals surface area (Å²) in [6, 6.07) is 17.6. The second kappa shape index (κ2) is 9.49.